The Kier molecular flexibility index (Phi) is 5.76. The number of ether oxygens (including phenoxy) is 1. The van der Waals surface area contributed by atoms with Crippen molar-refractivity contribution in [2.24, 2.45) is 0 Å². The highest BCUT2D eigenvalue weighted by atomic mass is 32.1. The standard InChI is InChI=1S/C25H21N7O3S/c33-24(15-5-2-1-3-6-15)30-31-25(34)20-13-19-21(36-20)23(32-9-11-35-12-10-32)28-22(27-19)16-7-4-8-18-17(16)14-26-29-18/h1-8,13-14H,9-12H2,(H,26,29)(H,30,33)(H,31,34). The SMILES string of the molecule is O=C(NNC(=O)c1cc2nc(-c3cccc4[nH]ncc34)nc(N3CCOCC3)c2s1)c1ccccc1. The maximum atomic E-state index is 12.9. The molecule has 3 N–H and O–H groups in total. The number of rotatable bonds is 4. The predicted molar refractivity (Wildman–Crippen MR) is 137 cm³/mol. The lowest BCUT2D eigenvalue weighted by Crippen LogP contribution is -2.41. The van der Waals surface area contributed by atoms with E-state index in [9.17, 15) is 9.59 Å². The Morgan fingerprint density at radius 2 is 1.78 bits per heavy atom. The normalized spacial score (nSPS) is 13.7. The van der Waals surface area contributed by atoms with E-state index in [1.54, 1.807) is 36.5 Å². The summed E-state index contributed by atoms with van der Waals surface area (Å²) in [6.07, 6.45) is 1.76. The van der Waals surface area contributed by atoms with Crippen LogP contribution < -0.4 is 15.8 Å². The first-order valence-corrected chi connectivity index (χ1v) is 12.2. The second kappa shape index (κ2) is 9.36. The minimum absolute atomic E-state index is 0.394. The van der Waals surface area contributed by atoms with Gasteiger partial charge in [-0.05, 0) is 24.3 Å². The number of anilines is 1. The van der Waals surface area contributed by atoms with E-state index < -0.39 is 11.8 Å². The van der Waals surface area contributed by atoms with Crippen molar-refractivity contribution in [3.8, 4) is 11.4 Å². The van der Waals surface area contributed by atoms with Crippen molar-refractivity contribution in [1.82, 2.24) is 31.0 Å². The number of benzene rings is 2. The van der Waals surface area contributed by atoms with Gasteiger partial charge in [0.1, 0.15) is 0 Å². The van der Waals surface area contributed by atoms with E-state index in [4.69, 9.17) is 14.7 Å². The zero-order chi connectivity index (χ0) is 24.5. The molecule has 11 heteroatoms. The van der Waals surface area contributed by atoms with E-state index in [0.29, 0.717) is 48.1 Å². The summed E-state index contributed by atoms with van der Waals surface area (Å²) in [5, 5.41) is 8.05. The Bertz CT molecular complexity index is 1570. The van der Waals surface area contributed by atoms with Gasteiger partial charge in [-0.15, -0.1) is 11.3 Å². The predicted octanol–water partition coefficient (Wildman–Crippen LogP) is 3.15. The fraction of sp³-hybridized carbons (Fsp3) is 0.160. The maximum absolute atomic E-state index is 12.9. The largest absolute Gasteiger partial charge is 0.378 e. The Balaban J connectivity index is 1.36. The van der Waals surface area contributed by atoms with Crippen LogP contribution in [0, 0.1) is 0 Å². The summed E-state index contributed by atoms with van der Waals surface area (Å²) in [6, 6.07) is 16.3. The van der Waals surface area contributed by atoms with Gasteiger partial charge in [0, 0.05) is 29.6 Å². The summed E-state index contributed by atoms with van der Waals surface area (Å²) in [5.74, 6) is 0.498. The number of nitrogens with zero attached hydrogens (tertiary/aromatic N) is 4. The third-order valence-electron chi connectivity index (χ3n) is 5.94. The number of thiophene rings is 1. The van der Waals surface area contributed by atoms with Gasteiger partial charge in [-0.1, -0.05) is 30.3 Å². The number of carbonyl (C=O) groups excluding carboxylic acids is 2. The van der Waals surface area contributed by atoms with Crippen LogP contribution in [0.1, 0.15) is 20.0 Å². The highest BCUT2D eigenvalue weighted by Crippen LogP contribution is 2.35. The quantitative estimate of drug-likeness (QED) is 0.325. The molecule has 2 aromatic carbocycles. The number of morpholine rings is 1. The van der Waals surface area contributed by atoms with E-state index in [0.717, 1.165) is 27.0 Å². The molecule has 0 unspecified atom stereocenters. The lowest BCUT2D eigenvalue weighted by atomic mass is 10.1. The molecule has 2 amide bonds. The lowest BCUT2D eigenvalue weighted by molar-refractivity contribution is 0.0849. The third kappa shape index (κ3) is 4.14. The molecule has 0 spiro atoms. The number of aromatic amines is 1. The molecule has 1 saturated heterocycles. The summed E-state index contributed by atoms with van der Waals surface area (Å²) in [5.41, 5.74) is 7.83. The van der Waals surface area contributed by atoms with E-state index in [2.05, 4.69) is 25.9 Å². The van der Waals surface area contributed by atoms with Gasteiger partial charge in [0.25, 0.3) is 11.8 Å². The highest BCUT2D eigenvalue weighted by molar-refractivity contribution is 7.21. The maximum Gasteiger partial charge on any atom is 0.279 e. The van der Waals surface area contributed by atoms with Gasteiger partial charge in [-0.2, -0.15) is 5.10 Å². The lowest BCUT2D eigenvalue weighted by Gasteiger charge is -2.28. The van der Waals surface area contributed by atoms with Crippen molar-refractivity contribution < 1.29 is 14.3 Å². The van der Waals surface area contributed by atoms with Crippen LogP contribution >= 0.6 is 11.3 Å². The fourth-order valence-electron chi connectivity index (χ4n) is 4.14. The number of aromatic nitrogens is 4. The molecule has 180 valence electrons. The Hall–Kier alpha value is -4.35. The molecule has 0 radical (unpaired) electrons. The second-order valence-corrected chi connectivity index (χ2v) is 9.26. The first-order chi connectivity index (χ1) is 17.7. The summed E-state index contributed by atoms with van der Waals surface area (Å²) >= 11 is 1.29. The average Bonchev–Trinajstić information content (AvgIpc) is 3.59. The number of H-pyrrole nitrogens is 1. The monoisotopic (exact) mass is 499 g/mol. The van der Waals surface area contributed by atoms with Crippen molar-refractivity contribution in [3.63, 3.8) is 0 Å². The molecule has 36 heavy (non-hydrogen) atoms. The zero-order valence-corrected chi connectivity index (χ0v) is 19.8. The minimum Gasteiger partial charge on any atom is -0.378 e. The molecule has 0 bridgehead atoms. The fourth-order valence-corrected chi connectivity index (χ4v) is 5.15. The number of nitrogens with one attached hydrogen (secondary N) is 3. The Morgan fingerprint density at radius 3 is 2.61 bits per heavy atom. The third-order valence-corrected chi connectivity index (χ3v) is 7.06. The molecule has 10 nitrogen and oxygen atoms in total. The van der Waals surface area contributed by atoms with E-state index in [-0.39, 0.29) is 0 Å². The van der Waals surface area contributed by atoms with Gasteiger partial charge >= 0.3 is 0 Å². The van der Waals surface area contributed by atoms with Gasteiger partial charge in [-0.25, -0.2) is 9.97 Å². The van der Waals surface area contributed by atoms with Crippen LogP contribution in [0.5, 0.6) is 0 Å². The van der Waals surface area contributed by atoms with E-state index >= 15 is 0 Å². The number of hydrazine groups is 1. The van der Waals surface area contributed by atoms with Gasteiger partial charge in [-0.3, -0.25) is 25.5 Å². The molecule has 5 aromatic rings. The van der Waals surface area contributed by atoms with Crippen LogP contribution in [0.2, 0.25) is 0 Å². The minimum atomic E-state index is -0.423. The molecule has 6 rings (SSSR count). The van der Waals surface area contributed by atoms with Gasteiger partial charge in [0.15, 0.2) is 11.6 Å². The first kappa shape index (κ1) is 22.1. The van der Waals surface area contributed by atoms with Crippen LogP contribution in [0.25, 0.3) is 32.5 Å². The topological polar surface area (TPSA) is 125 Å². The van der Waals surface area contributed by atoms with Crippen LogP contribution in [-0.2, 0) is 4.74 Å². The summed E-state index contributed by atoms with van der Waals surface area (Å²) < 4.78 is 6.34. The van der Waals surface area contributed by atoms with Crippen LogP contribution in [-0.4, -0.2) is 58.3 Å². The molecular weight excluding hydrogens is 478 g/mol. The van der Waals surface area contributed by atoms with E-state index in [1.807, 2.05) is 24.3 Å². The number of fused-ring (bicyclic) bond motifs is 2. The number of hydrogen-bond acceptors (Lipinski definition) is 8. The van der Waals surface area contributed by atoms with Crippen LogP contribution in [0.3, 0.4) is 0 Å². The van der Waals surface area contributed by atoms with E-state index in [1.165, 1.54) is 11.3 Å². The first-order valence-electron chi connectivity index (χ1n) is 11.4. The summed E-state index contributed by atoms with van der Waals surface area (Å²) in [7, 11) is 0. The molecule has 1 aliphatic rings. The van der Waals surface area contributed by atoms with Crippen molar-refractivity contribution >= 4 is 50.1 Å². The molecule has 4 heterocycles. The molecule has 0 aliphatic carbocycles. The molecule has 0 saturated carbocycles. The van der Waals surface area contributed by atoms with Crippen molar-refractivity contribution in [1.29, 1.82) is 0 Å². The van der Waals surface area contributed by atoms with Crippen molar-refractivity contribution in [2.45, 2.75) is 0 Å². The second-order valence-electron chi connectivity index (χ2n) is 8.21. The molecule has 1 aliphatic heterocycles. The van der Waals surface area contributed by atoms with Crippen molar-refractivity contribution in [3.05, 3.63) is 71.2 Å². The molecular formula is C25H21N7O3S. The molecule has 3 aromatic heterocycles. The Labute approximate surface area is 209 Å². The smallest absolute Gasteiger partial charge is 0.279 e. The zero-order valence-electron chi connectivity index (χ0n) is 19.0. The molecule has 0 atom stereocenters. The summed E-state index contributed by atoms with van der Waals surface area (Å²) in [4.78, 5) is 37.6. The van der Waals surface area contributed by atoms with Gasteiger partial charge < -0.3 is 9.64 Å². The highest BCUT2D eigenvalue weighted by Gasteiger charge is 2.22. The van der Waals surface area contributed by atoms with Crippen LogP contribution in [0.15, 0.2) is 60.8 Å². The van der Waals surface area contributed by atoms with Crippen molar-refractivity contribution in [2.75, 3.05) is 31.2 Å². The number of amides is 2. The Morgan fingerprint density at radius 1 is 0.972 bits per heavy atom. The van der Waals surface area contributed by atoms with Gasteiger partial charge in [0.05, 0.1) is 40.0 Å². The number of hydrogen-bond donors (Lipinski definition) is 3. The molecule has 1 fully saturated rings. The van der Waals surface area contributed by atoms with Gasteiger partial charge in [0.2, 0.25) is 0 Å². The summed E-state index contributed by atoms with van der Waals surface area (Å²) in [6.45, 7) is 2.58. The number of carbonyl (C=O) groups is 2. The average molecular weight is 500 g/mol. The van der Waals surface area contributed by atoms with Crippen LogP contribution in [0.4, 0.5) is 5.82 Å².